The van der Waals surface area contributed by atoms with Crippen molar-refractivity contribution in [1.82, 2.24) is 9.80 Å². The number of urea groups is 1. The average molecular weight is 304 g/mol. The van der Waals surface area contributed by atoms with Gasteiger partial charge in [0.15, 0.2) is 0 Å². The Bertz CT molecular complexity index is 518. The third-order valence-electron chi connectivity index (χ3n) is 4.20. The number of carbonyl (C=O) groups is 2. The second kappa shape index (κ2) is 5.23. The van der Waals surface area contributed by atoms with E-state index in [0.717, 1.165) is 12.7 Å². The zero-order chi connectivity index (χ0) is 15.1. The van der Waals surface area contributed by atoms with Crippen molar-refractivity contribution in [2.45, 2.75) is 31.3 Å². The van der Waals surface area contributed by atoms with Gasteiger partial charge in [-0.05, 0) is 19.3 Å². The summed E-state index contributed by atoms with van der Waals surface area (Å²) in [5.41, 5.74) is 0. The standard InChI is InChI=1S/C12H20N2O5S/c1-13(5-6-20(2,18)19)12(17)14-8-3-4-10(14)9(7-8)11(15)16/h8-10H,3-7H2,1-2H3,(H,15,16). The van der Waals surface area contributed by atoms with Crippen LogP contribution in [-0.4, -0.2) is 73.0 Å². The molecule has 0 spiro atoms. The number of fused-ring (bicyclic) bond motifs is 2. The van der Waals surface area contributed by atoms with Crippen molar-refractivity contribution in [2.75, 3.05) is 25.6 Å². The lowest BCUT2D eigenvalue weighted by atomic mass is 9.89. The molecule has 3 unspecified atom stereocenters. The SMILES string of the molecule is CN(CCS(C)(=O)=O)C(=O)N1C2CCC1C(C(=O)O)C2. The van der Waals surface area contributed by atoms with Gasteiger partial charge in [0.25, 0.3) is 0 Å². The Balaban J connectivity index is 2.01. The van der Waals surface area contributed by atoms with Crippen molar-refractivity contribution in [3.05, 3.63) is 0 Å². The predicted octanol–water partition coefficient (Wildman–Crippen LogP) is 0.0203. The molecule has 3 atom stereocenters. The minimum absolute atomic E-state index is 0.0192. The van der Waals surface area contributed by atoms with E-state index in [0.29, 0.717) is 12.8 Å². The first-order valence-electron chi connectivity index (χ1n) is 6.64. The first-order chi connectivity index (χ1) is 9.20. The summed E-state index contributed by atoms with van der Waals surface area (Å²) in [5, 5.41) is 9.15. The van der Waals surface area contributed by atoms with Crippen molar-refractivity contribution in [3.8, 4) is 0 Å². The monoisotopic (exact) mass is 304 g/mol. The van der Waals surface area contributed by atoms with Gasteiger partial charge in [0.05, 0.1) is 11.7 Å². The third kappa shape index (κ3) is 2.89. The predicted molar refractivity (Wildman–Crippen MR) is 72.1 cm³/mol. The van der Waals surface area contributed by atoms with Gasteiger partial charge < -0.3 is 14.9 Å². The van der Waals surface area contributed by atoms with E-state index in [1.807, 2.05) is 0 Å². The van der Waals surface area contributed by atoms with Crippen LogP contribution in [0.1, 0.15) is 19.3 Å². The Hall–Kier alpha value is -1.31. The molecule has 114 valence electrons. The molecule has 2 aliphatic rings. The molecule has 0 aromatic heterocycles. The minimum atomic E-state index is -3.12. The molecule has 7 nitrogen and oxygen atoms in total. The zero-order valence-corrected chi connectivity index (χ0v) is 12.5. The van der Waals surface area contributed by atoms with Gasteiger partial charge in [-0.2, -0.15) is 0 Å². The lowest BCUT2D eigenvalue weighted by Crippen LogP contribution is -2.46. The van der Waals surface area contributed by atoms with Crippen molar-refractivity contribution in [2.24, 2.45) is 5.92 Å². The Morgan fingerprint density at radius 3 is 2.50 bits per heavy atom. The lowest BCUT2D eigenvalue weighted by molar-refractivity contribution is -0.142. The highest BCUT2D eigenvalue weighted by atomic mass is 32.2. The number of carboxylic acid groups (broad SMARTS) is 1. The maximum absolute atomic E-state index is 12.4. The van der Waals surface area contributed by atoms with Crippen LogP contribution in [-0.2, 0) is 14.6 Å². The summed E-state index contributed by atoms with van der Waals surface area (Å²) in [5.74, 6) is -1.42. The molecule has 2 fully saturated rings. The van der Waals surface area contributed by atoms with Crippen LogP contribution in [0.5, 0.6) is 0 Å². The summed E-state index contributed by atoms with van der Waals surface area (Å²) in [6.07, 6.45) is 3.18. The van der Waals surface area contributed by atoms with Crippen molar-refractivity contribution in [3.63, 3.8) is 0 Å². The molecular weight excluding hydrogens is 284 g/mol. The summed E-state index contributed by atoms with van der Waals surface area (Å²) in [6, 6.07) is -0.523. The van der Waals surface area contributed by atoms with Crippen LogP contribution in [0.4, 0.5) is 4.79 Å². The van der Waals surface area contributed by atoms with Crippen molar-refractivity contribution < 1.29 is 23.1 Å². The van der Waals surface area contributed by atoms with E-state index < -0.39 is 21.7 Å². The van der Waals surface area contributed by atoms with E-state index in [-0.39, 0.29) is 30.4 Å². The number of hydrogen-bond donors (Lipinski definition) is 1. The van der Waals surface area contributed by atoms with E-state index >= 15 is 0 Å². The number of nitrogens with zero attached hydrogens (tertiary/aromatic N) is 2. The number of aliphatic carboxylic acids is 1. The Labute approximate surface area is 118 Å². The maximum atomic E-state index is 12.4. The largest absolute Gasteiger partial charge is 0.481 e. The van der Waals surface area contributed by atoms with E-state index in [1.165, 1.54) is 4.90 Å². The summed E-state index contributed by atoms with van der Waals surface area (Å²) >= 11 is 0. The Morgan fingerprint density at radius 2 is 2.00 bits per heavy atom. The fourth-order valence-electron chi connectivity index (χ4n) is 3.15. The molecule has 2 aliphatic heterocycles. The molecule has 2 saturated heterocycles. The topological polar surface area (TPSA) is 95.0 Å². The zero-order valence-electron chi connectivity index (χ0n) is 11.7. The highest BCUT2D eigenvalue weighted by Crippen LogP contribution is 2.42. The van der Waals surface area contributed by atoms with Gasteiger partial charge in [0.2, 0.25) is 0 Å². The quantitative estimate of drug-likeness (QED) is 0.790. The van der Waals surface area contributed by atoms with Crippen LogP contribution in [0.15, 0.2) is 0 Å². The summed E-state index contributed by atoms with van der Waals surface area (Å²) < 4.78 is 22.3. The number of carbonyl (C=O) groups excluding carboxylic acids is 1. The van der Waals surface area contributed by atoms with Crippen molar-refractivity contribution >= 4 is 21.8 Å². The number of hydrogen-bond acceptors (Lipinski definition) is 4. The first-order valence-corrected chi connectivity index (χ1v) is 8.70. The molecule has 0 aromatic rings. The number of sulfone groups is 1. The molecule has 0 aromatic carbocycles. The molecule has 1 N–H and O–H groups in total. The molecule has 2 bridgehead atoms. The fraction of sp³-hybridized carbons (Fsp3) is 0.833. The highest BCUT2D eigenvalue weighted by molar-refractivity contribution is 7.90. The van der Waals surface area contributed by atoms with Crippen LogP contribution in [0.3, 0.4) is 0 Å². The van der Waals surface area contributed by atoms with Crippen LogP contribution < -0.4 is 0 Å². The van der Waals surface area contributed by atoms with Gasteiger partial charge >= 0.3 is 12.0 Å². The van der Waals surface area contributed by atoms with Crippen molar-refractivity contribution in [1.29, 1.82) is 0 Å². The smallest absolute Gasteiger partial charge is 0.320 e. The molecule has 2 amide bonds. The molecule has 20 heavy (non-hydrogen) atoms. The van der Waals surface area contributed by atoms with Gasteiger partial charge in [-0.3, -0.25) is 4.79 Å². The maximum Gasteiger partial charge on any atom is 0.320 e. The summed E-state index contributed by atoms with van der Waals surface area (Å²) in [6.45, 7) is 0.130. The second-order valence-electron chi connectivity index (χ2n) is 5.72. The number of amides is 2. The van der Waals surface area contributed by atoms with Crippen LogP contribution in [0.25, 0.3) is 0 Å². The molecule has 2 heterocycles. The van der Waals surface area contributed by atoms with Gasteiger partial charge in [-0.1, -0.05) is 0 Å². The Kier molecular flexibility index (Phi) is 3.95. The fourth-order valence-corrected chi connectivity index (χ4v) is 3.75. The highest BCUT2D eigenvalue weighted by Gasteiger charge is 2.51. The van der Waals surface area contributed by atoms with Gasteiger partial charge in [0, 0.05) is 31.9 Å². The molecule has 2 rings (SSSR count). The average Bonchev–Trinajstić information content (AvgIpc) is 2.91. The van der Waals surface area contributed by atoms with E-state index in [2.05, 4.69) is 0 Å². The van der Waals surface area contributed by atoms with Gasteiger partial charge in [-0.25, -0.2) is 13.2 Å². The minimum Gasteiger partial charge on any atom is -0.481 e. The molecule has 0 radical (unpaired) electrons. The van der Waals surface area contributed by atoms with E-state index in [9.17, 15) is 18.0 Å². The molecule has 0 aliphatic carbocycles. The van der Waals surface area contributed by atoms with Crippen LogP contribution in [0.2, 0.25) is 0 Å². The second-order valence-corrected chi connectivity index (χ2v) is 7.98. The summed E-state index contributed by atoms with van der Waals surface area (Å²) in [4.78, 5) is 26.5. The van der Waals surface area contributed by atoms with Crippen LogP contribution >= 0.6 is 0 Å². The van der Waals surface area contributed by atoms with Gasteiger partial charge in [0.1, 0.15) is 9.84 Å². The van der Waals surface area contributed by atoms with E-state index in [1.54, 1.807) is 11.9 Å². The molecule has 0 saturated carbocycles. The van der Waals surface area contributed by atoms with Gasteiger partial charge in [-0.15, -0.1) is 0 Å². The third-order valence-corrected chi connectivity index (χ3v) is 5.12. The van der Waals surface area contributed by atoms with E-state index in [4.69, 9.17) is 5.11 Å². The van der Waals surface area contributed by atoms with Crippen LogP contribution in [0, 0.1) is 5.92 Å². The number of carboxylic acids is 1. The number of rotatable bonds is 4. The summed E-state index contributed by atoms with van der Waals surface area (Å²) in [7, 11) is -1.56. The molecule has 8 heteroatoms. The lowest BCUT2D eigenvalue weighted by Gasteiger charge is -2.28. The Morgan fingerprint density at radius 1 is 1.35 bits per heavy atom. The first kappa shape index (κ1) is 15.1. The molecular formula is C12H20N2O5S. The normalized spacial score (nSPS) is 28.7.